The van der Waals surface area contributed by atoms with Gasteiger partial charge in [0.05, 0.1) is 26.4 Å². The Morgan fingerprint density at radius 3 is 1.14 bits per heavy atom. The monoisotopic (exact) mass is 348 g/mol. The fourth-order valence-electron chi connectivity index (χ4n) is 1.37. The Morgan fingerprint density at radius 1 is 0.619 bits per heavy atom. The molecule has 0 saturated carbocycles. The average molecular weight is 348 g/mol. The molecule has 0 aromatic carbocycles. The zero-order chi connectivity index (χ0) is 16.2. The summed E-state index contributed by atoms with van der Waals surface area (Å²) in [6.07, 6.45) is -0.468. The molecule has 128 valence electrons. The van der Waals surface area contributed by atoms with Gasteiger partial charge in [0.25, 0.3) is 0 Å². The second-order valence-electron chi connectivity index (χ2n) is 3.68. The summed E-state index contributed by atoms with van der Waals surface area (Å²) in [5.41, 5.74) is 0. The van der Waals surface area contributed by atoms with Crippen molar-refractivity contribution in [1.82, 2.24) is 0 Å². The lowest BCUT2D eigenvalue weighted by atomic mass is 10.9. The quantitative estimate of drug-likeness (QED) is 0.268. The van der Waals surface area contributed by atoms with Crippen LogP contribution >= 0.6 is 15.2 Å². The Kier molecular flexibility index (Phi) is 11.9. The van der Waals surface area contributed by atoms with Crippen molar-refractivity contribution in [2.45, 2.75) is 27.7 Å². The van der Waals surface area contributed by atoms with Gasteiger partial charge in [-0.05, 0) is 27.7 Å². The van der Waals surface area contributed by atoms with Gasteiger partial charge in [-0.15, -0.1) is 0 Å². The first-order valence-electron chi connectivity index (χ1n) is 6.87. The molecule has 21 heavy (non-hydrogen) atoms. The Morgan fingerprint density at radius 2 is 0.905 bits per heavy atom. The van der Waals surface area contributed by atoms with Crippen molar-refractivity contribution < 1.29 is 36.7 Å². The normalized spacial score (nSPS) is 12.8. The maximum atomic E-state index is 12.0. The standard InChI is InChI=1S/C11H26O8P2/c1-5-16-20(12,17-6-2)10-14-9-15-11-21(13,18-7-3)19-8-4/h5-11H2,1-4H3. The third-order valence-corrected chi connectivity index (χ3v) is 5.57. The molecule has 0 saturated heterocycles. The minimum absolute atomic E-state index is 0.214. The number of hydrogen-bond donors (Lipinski definition) is 0. The van der Waals surface area contributed by atoms with Gasteiger partial charge >= 0.3 is 15.2 Å². The zero-order valence-electron chi connectivity index (χ0n) is 13.1. The van der Waals surface area contributed by atoms with Crippen LogP contribution in [0.1, 0.15) is 27.7 Å². The molecule has 0 rings (SSSR count). The molecule has 0 aromatic rings. The first-order valence-corrected chi connectivity index (χ1v) is 10.3. The molecule has 0 aliphatic carbocycles. The van der Waals surface area contributed by atoms with Crippen LogP contribution in [0.2, 0.25) is 0 Å². The minimum Gasteiger partial charge on any atom is -0.343 e. The topological polar surface area (TPSA) is 89.5 Å². The van der Waals surface area contributed by atoms with Gasteiger partial charge in [0.2, 0.25) is 0 Å². The number of hydrogen-bond acceptors (Lipinski definition) is 8. The summed E-state index contributed by atoms with van der Waals surface area (Å²) in [5, 5.41) is 0. The summed E-state index contributed by atoms with van der Waals surface area (Å²) >= 11 is 0. The molecule has 0 fully saturated rings. The van der Waals surface area contributed by atoms with Crippen molar-refractivity contribution in [3.05, 3.63) is 0 Å². The highest BCUT2D eigenvalue weighted by Gasteiger charge is 2.26. The molecule has 0 spiro atoms. The Bertz CT molecular complexity index is 297. The van der Waals surface area contributed by atoms with Crippen LogP contribution in [0.5, 0.6) is 0 Å². The highest BCUT2D eigenvalue weighted by atomic mass is 31.2. The van der Waals surface area contributed by atoms with Crippen molar-refractivity contribution in [1.29, 1.82) is 0 Å². The van der Waals surface area contributed by atoms with Crippen molar-refractivity contribution in [2.24, 2.45) is 0 Å². The van der Waals surface area contributed by atoms with Gasteiger partial charge in [-0.3, -0.25) is 9.13 Å². The molecule has 10 heteroatoms. The summed E-state index contributed by atoms with van der Waals surface area (Å²) in [6, 6.07) is 0. The van der Waals surface area contributed by atoms with E-state index in [4.69, 9.17) is 27.6 Å². The van der Waals surface area contributed by atoms with Gasteiger partial charge in [0.15, 0.2) is 12.7 Å². The average Bonchev–Trinajstić information content (AvgIpc) is 2.39. The highest BCUT2D eigenvalue weighted by molar-refractivity contribution is 7.53. The van der Waals surface area contributed by atoms with Crippen LogP contribution in [0.25, 0.3) is 0 Å². The summed E-state index contributed by atoms with van der Waals surface area (Å²) in [4.78, 5) is 0. The van der Waals surface area contributed by atoms with Gasteiger partial charge in [-0.25, -0.2) is 0 Å². The third kappa shape index (κ3) is 9.76. The van der Waals surface area contributed by atoms with E-state index in [0.29, 0.717) is 0 Å². The van der Waals surface area contributed by atoms with E-state index in [0.717, 1.165) is 0 Å². The predicted octanol–water partition coefficient (Wildman–Crippen LogP) is 3.42. The van der Waals surface area contributed by atoms with Gasteiger partial charge < -0.3 is 27.6 Å². The summed E-state index contributed by atoms with van der Waals surface area (Å²) in [5.74, 6) is 0. The first-order chi connectivity index (χ1) is 9.95. The van der Waals surface area contributed by atoms with Crippen molar-refractivity contribution >= 4 is 15.2 Å². The van der Waals surface area contributed by atoms with Crippen molar-refractivity contribution in [3.8, 4) is 0 Å². The summed E-state index contributed by atoms with van der Waals surface area (Å²) in [6.45, 7) is 7.65. The van der Waals surface area contributed by atoms with E-state index < -0.39 is 15.2 Å². The van der Waals surface area contributed by atoms with Gasteiger partial charge in [0.1, 0.15) is 6.79 Å². The lowest BCUT2D eigenvalue weighted by Crippen LogP contribution is -2.09. The molecule has 0 radical (unpaired) electrons. The number of rotatable bonds is 14. The summed E-state index contributed by atoms with van der Waals surface area (Å²) in [7, 11) is -6.52. The van der Waals surface area contributed by atoms with Crippen LogP contribution < -0.4 is 0 Å². The molecular formula is C11H26O8P2. The van der Waals surface area contributed by atoms with Crippen LogP contribution in [0.3, 0.4) is 0 Å². The maximum absolute atomic E-state index is 12.0. The molecule has 0 unspecified atom stereocenters. The molecule has 0 aliphatic rings. The lowest BCUT2D eigenvalue weighted by Gasteiger charge is -2.18. The van der Waals surface area contributed by atoms with Crippen molar-refractivity contribution in [2.75, 3.05) is 45.9 Å². The van der Waals surface area contributed by atoms with Crippen LogP contribution in [0, 0.1) is 0 Å². The first kappa shape index (κ1) is 21.2. The van der Waals surface area contributed by atoms with E-state index in [1.807, 2.05) is 0 Å². The smallest absolute Gasteiger partial charge is 0.343 e. The van der Waals surface area contributed by atoms with E-state index in [1.165, 1.54) is 0 Å². The largest absolute Gasteiger partial charge is 0.356 e. The van der Waals surface area contributed by atoms with Gasteiger partial charge in [0, 0.05) is 0 Å². The predicted molar refractivity (Wildman–Crippen MR) is 78.5 cm³/mol. The highest BCUT2D eigenvalue weighted by Crippen LogP contribution is 2.49. The fourth-order valence-corrected chi connectivity index (χ4v) is 3.98. The van der Waals surface area contributed by atoms with Gasteiger partial charge in [-0.2, -0.15) is 0 Å². The summed E-state index contributed by atoms with van der Waals surface area (Å²) < 4.78 is 54.4. The van der Waals surface area contributed by atoms with Crippen LogP contribution in [-0.4, -0.2) is 45.9 Å². The van der Waals surface area contributed by atoms with E-state index in [1.54, 1.807) is 27.7 Å². The van der Waals surface area contributed by atoms with E-state index in [9.17, 15) is 9.13 Å². The molecule has 0 heterocycles. The van der Waals surface area contributed by atoms with Crippen LogP contribution in [0.4, 0.5) is 0 Å². The molecular weight excluding hydrogens is 322 g/mol. The zero-order valence-corrected chi connectivity index (χ0v) is 14.9. The van der Waals surface area contributed by atoms with Crippen LogP contribution in [-0.2, 0) is 36.7 Å². The lowest BCUT2D eigenvalue weighted by molar-refractivity contribution is -0.0331. The van der Waals surface area contributed by atoms with E-state index in [-0.39, 0.29) is 45.9 Å². The Balaban J connectivity index is 4.07. The second kappa shape index (κ2) is 11.7. The Labute approximate surface area is 126 Å². The van der Waals surface area contributed by atoms with Gasteiger partial charge in [-0.1, -0.05) is 0 Å². The van der Waals surface area contributed by atoms with E-state index in [2.05, 4.69) is 0 Å². The SMILES string of the molecule is CCOP(=O)(COCOCP(=O)(OCC)OCC)OCC. The maximum Gasteiger partial charge on any atom is 0.356 e. The molecule has 0 atom stereocenters. The molecule has 0 aromatic heterocycles. The molecule has 0 aliphatic heterocycles. The third-order valence-electron chi connectivity index (χ3n) is 1.97. The Hall–Kier alpha value is 0.220. The molecule has 0 N–H and O–H groups in total. The van der Waals surface area contributed by atoms with E-state index >= 15 is 0 Å². The minimum atomic E-state index is -3.26. The molecule has 0 amide bonds. The fraction of sp³-hybridized carbons (Fsp3) is 1.00. The molecule has 8 nitrogen and oxygen atoms in total. The number of ether oxygens (including phenoxy) is 2. The molecule has 0 bridgehead atoms. The second-order valence-corrected chi connectivity index (χ2v) is 7.67. The van der Waals surface area contributed by atoms with Crippen LogP contribution in [0.15, 0.2) is 0 Å². The van der Waals surface area contributed by atoms with Crippen molar-refractivity contribution in [3.63, 3.8) is 0 Å².